The molecule has 2 atom stereocenters. The molecule has 0 aromatic heterocycles. The second-order valence-corrected chi connectivity index (χ2v) is 3.44. The van der Waals surface area contributed by atoms with Gasteiger partial charge in [0.25, 0.3) is 0 Å². The fourth-order valence-electron chi connectivity index (χ4n) is 1.27. The molecule has 4 N–H and O–H groups in total. The van der Waals surface area contributed by atoms with E-state index in [1.807, 2.05) is 0 Å². The first-order valence-corrected chi connectivity index (χ1v) is 4.66. The molecule has 0 aliphatic carbocycles. The van der Waals surface area contributed by atoms with Gasteiger partial charge in [-0.05, 0) is 38.1 Å². The van der Waals surface area contributed by atoms with Gasteiger partial charge in [0.1, 0.15) is 0 Å². The van der Waals surface area contributed by atoms with Crippen LogP contribution in [-0.2, 0) is 0 Å². The molecule has 0 fully saturated rings. The average Bonchev–Trinajstić information content (AvgIpc) is 2.00. The monoisotopic (exact) mass is 158 g/mol. The predicted molar refractivity (Wildman–Crippen MR) is 50.3 cm³/mol. The van der Waals surface area contributed by atoms with E-state index in [0.717, 1.165) is 31.7 Å². The van der Waals surface area contributed by atoms with Crippen molar-refractivity contribution in [2.45, 2.75) is 45.6 Å². The van der Waals surface area contributed by atoms with Crippen LogP contribution in [0.2, 0.25) is 0 Å². The predicted octanol–water partition coefficient (Wildman–Crippen LogP) is 1.49. The minimum absolute atomic E-state index is 0.391. The molecule has 0 saturated heterocycles. The molecule has 2 nitrogen and oxygen atoms in total. The van der Waals surface area contributed by atoms with Crippen LogP contribution in [0.15, 0.2) is 0 Å². The van der Waals surface area contributed by atoms with E-state index >= 15 is 0 Å². The zero-order chi connectivity index (χ0) is 8.69. The van der Waals surface area contributed by atoms with Gasteiger partial charge in [0.15, 0.2) is 0 Å². The molecule has 0 radical (unpaired) electrons. The number of hydrogen-bond donors (Lipinski definition) is 2. The average molecular weight is 158 g/mol. The maximum absolute atomic E-state index is 5.81. The van der Waals surface area contributed by atoms with Crippen LogP contribution in [0.1, 0.15) is 39.5 Å². The highest BCUT2D eigenvalue weighted by Crippen LogP contribution is 2.12. The van der Waals surface area contributed by atoms with Crippen LogP contribution in [0.4, 0.5) is 0 Å². The molecule has 0 bridgehead atoms. The van der Waals surface area contributed by atoms with Crippen molar-refractivity contribution in [2.24, 2.45) is 17.4 Å². The smallest absolute Gasteiger partial charge is 0.00387 e. The molecule has 0 heterocycles. The topological polar surface area (TPSA) is 52.0 Å². The van der Waals surface area contributed by atoms with Crippen molar-refractivity contribution >= 4 is 0 Å². The molecule has 0 spiro atoms. The van der Waals surface area contributed by atoms with Crippen LogP contribution in [0.5, 0.6) is 0 Å². The van der Waals surface area contributed by atoms with E-state index in [0.29, 0.717) is 6.04 Å². The largest absolute Gasteiger partial charge is 0.330 e. The van der Waals surface area contributed by atoms with E-state index in [9.17, 15) is 0 Å². The van der Waals surface area contributed by atoms with Gasteiger partial charge in [-0.1, -0.05) is 13.8 Å². The lowest BCUT2D eigenvalue weighted by Gasteiger charge is -2.14. The first kappa shape index (κ1) is 10.9. The first-order chi connectivity index (χ1) is 5.20. The normalized spacial score (nSPS) is 16.4. The molecule has 0 rings (SSSR count). The van der Waals surface area contributed by atoms with Gasteiger partial charge >= 0.3 is 0 Å². The summed E-state index contributed by atoms with van der Waals surface area (Å²) in [5.74, 6) is 0.744. The summed E-state index contributed by atoms with van der Waals surface area (Å²) in [5, 5.41) is 0. The van der Waals surface area contributed by atoms with E-state index in [2.05, 4.69) is 13.8 Å². The van der Waals surface area contributed by atoms with E-state index < -0.39 is 0 Å². The molecule has 68 valence electrons. The summed E-state index contributed by atoms with van der Waals surface area (Å²) in [6, 6.07) is 0.391. The van der Waals surface area contributed by atoms with Crippen LogP contribution in [0.3, 0.4) is 0 Å². The van der Waals surface area contributed by atoms with Crippen LogP contribution < -0.4 is 11.5 Å². The van der Waals surface area contributed by atoms with Crippen LogP contribution in [-0.4, -0.2) is 12.6 Å². The Labute approximate surface area is 70.3 Å². The summed E-state index contributed by atoms with van der Waals surface area (Å²) in [6.07, 6.45) is 4.60. The maximum atomic E-state index is 5.81. The minimum Gasteiger partial charge on any atom is -0.330 e. The Balaban J connectivity index is 3.27. The number of nitrogens with two attached hydrogens (primary N) is 2. The molecule has 0 aliphatic heterocycles. The zero-order valence-electron chi connectivity index (χ0n) is 7.84. The van der Waals surface area contributed by atoms with Gasteiger partial charge in [-0.3, -0.25) is 0 Å². The molecular formula is C9H22N2. The van der Waals surface area contributed by atoms with E-state index in [-0.39, 0.29) is 0 Å². The summed E-state index contributed by atoms with van der Waals surface area (Å²) < 4.78 is 0. The zero-order valence-corrected chi connectivity index (χ0v) is 7.84. The maximum Gasteiger partial charge on any atom is 0.00387 e. The Bertz CT molecular complexity index is 83.6. The summed E-state index contributed by atoms with van der Waals surface area (Å²) in [5.41, 5.74) is 11.2. The van der Waals surface area contributed by atoms with Gasteiger partial charge in [-0.25, -0.2) is 0 Å². The Hall–Kier alpha value is -0.0800. The number of hydrogen-bond acceptors (Lipinski definition) is 2. The Morgan fingerprint density at radius 3 is 2.45 bits per heavy atom. The second-order valence-electron chi connectivity index (χ2n) is 3.44. The van der Waals surface area contributed by atoms with Crippen LogP contribution in [0, 0.1) is 5.92 Å². The molecular weight excluding hydrogens is 136 g/mol. The molecule has 0 saturated carbocycles. The van der Waals surface area contributed by atoms with Crippen LogP contribution >= 0.6 is 0 Å². The van der Waals surface area contributed by atoms with Gasteiger partial charge in [-0.2, -0.15) is 0 Å². The highest BCUT2D eigenvalue weighted by Gasteiger charge is 2.06. The van der Waals surface area contributed by atoms with Gasteiger partial charge < -0.3 is 11.5 Å². The van der Waals surface area contributed by atoms with E-state index in [1.54, 1.807) is 0 Å². The lowest BCUT2D eigenvalue weighted by molar-refractivity contribution is 0.423. The molecule has 0 amide bonds. The third-order valence-electron chi connectivity index (χ3n) is 2.13. The van der Waals surface area contributed by atoms with Crippen molar-refractivity contribution in [1.29, 1.82) is 0 Å². The molecule has 11 heavy (non-hydrogen) atoms. The quantitative estimate of drug-likeness (QED) is 0.615. The van der Waals surface area contributed by atoms with Gasteiger partial charge in [-0.15, -0.1) is 0 Å². The molecule has 2 unspecified atom stereocenters. The standard InChI is InChI=1S/C9H22N2/c1-3-9(11)7-8(2)5-4-6-10/h8-9H,3-7,10-11H2,1-2H3. The molecule has 0 aliphatic rings. The second kappa shape index (κ2) is 6.62. The van der Waals surface area contributed by atoms with Gasteiger partial charge in [0.2, 0.25) is 0 Å². The van der Waals surface area contributed by atoms with Crippen molar-refractivity contribution in [3.05, 3.63) is 0 Å². The fourth-order valence-corrected chi connectivity index (χ4v) is 1.27. The Morgan fingerprint density at radius 1 is 1.36 bits per heavy atom. The highest BCUT2D eigenvalue weighted by atomic mass is 14.6. The van der Waals surface area contributed by atoms with Gasteiger partial charge in [0.05, 0.1) is 0 Å². The summed E-state index contributed by atoms with van der Waals surface area (Å²) >= 11 is 0. The van der Waals surface area contributed by atoms with E-state index in [4.69, 9.17) is 11.5 Å². The van der Waals surface area contributed by atoms with Gasteiger partial charge in [0, 0.05) is 6.04 Å². The third kappa shape index (κ3) is 6.32. The van der Waals surface area contributed by atoms with Crippen molar-refractivity contribution in [3.63, 3.8) is 0 Å². The fraction of sp³-hybridized carbons (Fsp3) is 1.00. The summed E-state index contributed by atoms with van der Waals surface area (Å²) in [4.78, 5) is 0. The van der Waals surface area contributed by atoms with Crippen molar-refractivity contribution in [3.8, 4) is 0 Å². The van der Waals surface area contributed by atoms with Crippen molar-refractivity contribution in [2.75, 3.05) is 6.54 Å². The van der Waals surface area contributed by atoms with Crippen molar-refractivity contribution < 1.29 is 0 Å². The SMILES string of the molecule is CCC(N)CC(C)CCCN. The van der Waals surface area contributed by atoms with E-state index in [1.165, 1.54) is 6.42 Å². The molecule has 0 aromatic rings. The third-order valence-corrected chi connectivity index (χ3v) is 2.13. The van der Waals surface area contributed by atoms with Crippen molar-refractivity contribution in [1.82, 2.24) is 0 Å². The summed E-state index contributed by atoms with van der Waals surface area (Å²) in [6.45, 7) is 5.21. The summed E-state index contributed by atoms with van der Waals surface area (Å²) in [7, 11) is 0. The molecule has 0 aromatic carbocycles. The Morgan fingerprint density at radius 2 is 2.00 bits per heavy atom. The molecule has 2 heteroatoms. The van der Waals surface area contributed by atoms with Crippen LogP contribution in [0.25, 0.3) is 0 Å². The lowest BCUT2D eigenvalue weighted by atomic mass is 9.96. The first-order valence-electron chi connectivity index (χ1n) is 4.66. The highest BCUT2D eigenvalue weighted by molar-refractivity contribution is 4.63. The minimum atomic E-state index is 0.391. The lowest BCUT2D eigenvalue weighted by Crippen LogP contribution is -2.21. The Kier molecular flexibility index (Phi) is 6.57. The number of rotatable bonds is 6.